The lowest BCUT2D eigenvalue weighted by Gasteiger charge is -2.07. The molecule has 0 fully saturated rings. The molecule has 122 valence electrons. The third-order valence-electron chi connectivity index (χ3n) is 2.80. The molecule has 6 nitrogen and oxygen atoms in total. The molecular weight excluding hydrogens is 382 g/mol. The maximum absolute atomic E-state index is 11.8. The summed E-state index contributed by atoms with van der Waals surface area (Å²) in [4.78, 5) is 26.7. The number of nitrogens with zero attached hydrogens (tertiary/aromatic N) is 1. The van der Waals surface area contributed by atoms with Crippen LogP contribution < -0.4 is 15.8 Å². The molecule has 0 aliphatic heterocycles. The zero-order chi connectivity index (χ0) is 16.7. The second-order valence-electron chi connectivity index (χ2n) is 4.72. The summed E-state index contributed by atoms with van der Waals surface area (Å²) in [6.45, 7) is 0.445. The molecule has 0 saturated carbocycles. The van der Waals surface area contributed by atoms with E-state index in [1.807, 2.05) is 24.3 Å². The number of benzene rings is 1. The van der Waals surface area contributed by atoms with Gasteiger partial charge >= 0.3 is 0 Å². The number of amides is 2. The van der Waals surface area contributed by atoms with Gasteiger partial charge in [0.05, 0.1) is 23.2 Å². The first kappa shape index (κ1) is 17.4. The van der Waals surface area contributed by atoms with Gasteiger partial charge in [0.15, 0.2) is 5.13 Å². The van der Waals surface area contributed by atoms with Crippen molar-refractivity contribution < 1.29 is 14.3 Å². The predicted octanol–water partition coefficient (Wildman–Crippen LogP) is 2.73. The van der Waals surface area contributed by atoms with Crippen molar-refractivity contribution in [1.82, 2.24) is 4.98 Å². The van der Waals surface area contributed by atoms with E-state index >= 15 is 0 Å². The van der Waals surface area contributed by atoms with E-state index in [2.05, 4.69) is 26.2 Å². The molecule has 1 aromatic heterocycles. The van der Waals surface area contributed by atoms with Crippen molar-refractivity contribution in [2.45, 2.75) is 19.3 Å². The fraction of sp³-hybridized carbons (Fsp3) is 0.267. The molecule has 23 heavy (non-hydrogen) atoms. The molecule has 2 aromatic rings. The first-order valence-corrected chi connectivity index (χ1v) is 8.62. The van der Waals surface area contributed by atoms with Gasteiger partial charge in [0.1, 0.15) is 5.75 Å². The van der Waals surface area contributed by atoms with Crippen LogP contribution in [0.4, 0.5) is 5.13 Å². The van der Waals surface area contributed by atoms with Gasteiger partial charge in [-0.25, -0.2) is 4.98 Å². The number of hydrogen-bond acceptors (Lipinski definition) is 5. The van der Waals surface area contributed by atoms with Crippen LogP contribution in [0.2, 0.25) is 0 Å². The average Bonchev–Trinajstić information content (AvgIpc) is 2.91. The number of primary amides is 1. The second-order valence-corrected chi connectivity index (χ2v) is 6.43. The highest BCUT2D eigenvalue weighted by Gasteiger charge is 2.08. The van der Waals surface area contributed by atoms with E-state index < -0.39 is 5.91 Å². The second kappa shape index (κ2) is 8.64. The molecular formula is C15H16BrN3O3S. The van der Waals surface area contributed by atoms with Gasteiger partial charge in [-0.2, -0.15) is 0 Å². The first-order valence-electron chi connectivity index (χ1n) is 6.94. The fourth-order valence-electron chi connectivity index (χ4n) is 1.78. The number of nitrogens with one attached hydrogen (secondary N) is 1. The number of carbonyl (C=O) groups excluding carboxylic acids is 2. The van der Waals surface area contributed by atoms with Gasteiger partial charge in [-0.05, 0) is 34.5 Å². The van der Waals surface area contributed by atoms with Crippen LogP contribution in [0, 0.1) is 0 Å². The quantitative estimate of drug-likeness (QED) is 0.669. The van der Waals surface area contributed by atoms with Crippen LogP contribution in [-0.4, -0.2) is 23.4 Å². The van der Waals surface area contributed by atoms with Gasteiger partial charge in [0, 0.05) is 11.8 Å². The number of aromatic nitrogens is 1. The van der Waals surface area contributed by atoms with Crippen molar-refractivity contribution in [3.8, 4) is 5.75 Å². The number of carbonyl (C=O) groups is 2. The average molecular weight is 398 g/mol. The monoisotopic (exact) mass is 397 g/mol. The number of halogens is 1. The molecule has 0 saturated heterocycles. The molecule has 2 amide bonds. The molecule has 3 N–H and O–H groups in total. The number of para-hydroxylation sites is 1. The van der Waals surface area contributed by atoms with Gasteiger partial charge in [-0.3, -0.25) is 9.59 Å². The van der Waals surface area contributed by atoms with Gasteiger partial charge in [0.2, 0.25) is 11.8 Å². The maximum atomic E-state index is 11.8. The summed E-state index contributed by atoms with van der Waals surface area (Å²) in [5.74, 6) is 0.169. The summed E-state index contributed by atoms with van der Waals surface area (Å²) in [5.41, 5.74) is 5.66. The van der Waals surface area contributed by atoms with Crippen molar-refractivity contribution in [2.24, 2.45) is 5.73 Å². The Kier molecular flexibility index (Phi) is 6.54. The highest BCUT2D eigenvalue weighted by Crippen LogP contribution is 2.24. The summed E-state index contributed by atoms with van der Waals surface area (Å²) < 4.78 is 6.48. The summed E-state index contributed by atoms with van der Waals surface area (Å²) in [5, 5.41) is 4.87. The van der Waals surface area contributed by atoms with E-state index in [4.69, 9.17) is 10.5 Å². The van der Waals surface area contributed by atoms with E-state index in [9.17, 15) is 9.59 Å². The summed E-state index contributed by atoms with van der Waals surface area (Å²) in [6, 6.07) is 7.55. The molecule has 0 unspecified atom stereocenters. The minimum Gasteiger partial charge on any atom is -0.492 e. The molecule has 0 radical (unpaired) electrons. The van der Waals surface area contributed by atoms with Crippen molar-refractivity contribution in [3.05, 3.63) is 39.8 Å². The largest absolute Gasteiger partial charge is 0.492 e. The molecule has 0 aliphatic carbocycles. The van der Waals surface area contributed by atoms with Crippen molar-refractivity contribution >= 4 is 44.2 Å². The van der Waals surface area contributed by atoms with E-state index in [1.165, 1.54) is 11.3 Å². The molecule has 2 rings (SSSR count). The van der Waals surface area contributed by atoms with Crippen molar-refractivity contribution in [3.63, 3.8) is 0 Å². The third-order valence-corrected chi connectivity index (χ3v) is 4.26. The Morgan fingerprint density at radius 3 is 2.87 bits per heavy atom. The Balaban J connectivity index is 1.70. The maximum Gasteiger partial charge on any atom is 0.226 e. The summed E-state index contributed by atoms with van der Waals surface area (Å²) in [6.07, 6.45) is 0.994. The van der Waals surface area contributed by atoms with Gasteiger partial charge in [0.25, 0.3) is 0 Å². The SMILES string of the molecule is NC(=O)Cc1csc(NC(=O)CCCOc2ccccc2Br)n1. The summed E-state index contributed by atoms with van der Waals surface area (Å²) >= 11 is 4.67. The van der Waals surface area contributed by atoms with Crippen molar-refractivity contribution in [2.75, 3.05) is 11.9 Å². The number of hydrogen-bond donors (Lipinski definition) is 2. The van der Waals surface area contributed by atoms with Crippen LogP contribution in [0.1, 0.15) is 18.5 Å². The molecule has 1 aromatic carbocycles. The van der Waals surface area contributed by atoms with Crippen LogP contribution in [-0.2, 0) is 16.0 Å². The Morgan fingerprint density at radius 1 is 1.35 bits per heavy atom. The zero-order valence-corrected chi connectivity index (χ0v) is 14.7. The lowest BCUT2D eigenvalue weighted by atomic mass is 10.3. The van der Waals surface area contributed by atoms with Crippen molar-refractivity contribution in [1.29, 1.82) is 0 Å². The number of thiazole rings is 1. The fourth-order valence-corrected chi connectivity index (χ4v) is 2.91. The Hall–Kier alpha value is -1.93. The van der Waals surface area contributed by atoms with Gasteiger partial charge < -0.3 is 15.8 Å². The van der Waals surface area contributed by atoms with Gasteiger partial charge in [-0.15, -0.1) is 11.3 Å². The molecule has 0 atom stereocenters. The number of anilines is 1. The van der Waals surface area contributed by atoms with E-state index in [0.29, 0.717) is 30.3 Å². The highest BCUT2D eigenvalue weighted by atomic mass is 79.9. The van der Waals surface area contributed by atoms with Gasteiger partial charge in [-0.1, -0.05) is 12.1 Å². The highest BCUT2D eigenvalue weighted by molar-refractivity contribution is 9.10. The topological polar surface area (TPSA) is 94.3 Å². The molecule has 0 spiro atoms. The standard InChI is InChI=1S/C15H16BrN3O3S/c16-11-4-1-2-5-12(11)22-7-3-6-14(21)19-15-18-10(9-23-15)8-13(17)20/h1-2,4-5,9H,3,6-8H2,(H2,17,20)(H,18,19,21). The molecule has 1 heterocycles. The normalized spacial score (nSPS) is 10.3. The molecule has 0 bridgehead atoms. The van der Waals surface area contributed by atoms with Crippen LogP contribution in [0.25, 0.3) is 0 Å². The lowest BCUT2D eigenvalue weighted by molar-refractivity contribution is -0.117. The van der Waals surface area contributed by atoms with E-state index in [0.717, 1.165) is 10.2 Å². The molecule has 0 aliphatic rings. The zero-order valence-electron chi connectivity index (χ0n) is 12.3. The predicted molar refractivity (Wildman–Crippen MR) is 92.5 cm³/mol. The smallest absolute Gasteiger partial charge is 0.226 e. The van der Waals surface area contributed by atoms with Crippen LogP contribution in [0.15, 0.2) is 34.1 Å². The van der Waals surface area contributed by atoms with E-state index in [1.54, 1.807) is 5.38 Å². The summed E-state index contributed by atoms with van der Waals surface area (Å²) in [7, 11) is 0. The van der Waals surface area contributed by atoms with Crippen LogP contribution in [0.5, 0.6) is 5.75 Å². The minimum atomic E-state index is -0.447. The van der Waals surface area contributed by atoms with Crippen LogP contribution in [0.3, 0.4) is 0 Å². The first-order chi connectivity index (χ1) is 11.0. The minimum absolute atomic E-state index is 0.0756. The Labute approximate surface area is 146 Å². The third kappa shape index (κ3) is 5.99. The number of nitrogens with two attached hydrogens (primary N) is 1. The molecule has 8 heteroatoms. The Morgan fingerprint density at radius 2 is 2.13 bits per heavy atom. The van der Waals surface area contributed by atoms with E-state index in [-0.39, 0.29) is 12.3 Å². The van der Waals surface area contributed by atoms with Crippen LogP contribution >= 0.6 is 27.3 Å². The lowest BCUT2D eigenvalue weighted by Crippen LogP contribution is -2.15. The number of rotatable bonds is 8. The number of ether oxygens (including phenoxy) is 1. The Bertz CT molecular complexity index is 690.